The van der Waals surface area contributed by atoms with E-state index in [0.29, 0.717) is 32.1 Å². The Bertz CT molecular complexity index is 1060. The van der Waals surface area contributed by atoms with Gasteiger partial charge in [-0.1, -0.05) is 23.7 Å². The second-order valence-electron chi connectivity index (χ2n) is 5.57. The van der Waals surface area contributed by atoms with Gasteiger partial charge in [-0.2, -0.15) is 5.10 Å². The van der Waals surface area contributed by atoms with Gasteiger partial charge in [0.05, 0.1) is 29.5 Å². The minimum Gasteiger partial charge on any atom is -0.465 e. The van der Waals surface area contributed by atoms with Gasteiger partial charge in [0.1, 0.15) is 11.5 Å². The number of nitrogens with zero attached hydrogens (tertiary/aromatic N) is 1. The summed E-state index contributed by atoms with van der Waals surface area (Å²) in [5, 5.41) is 4.20. The van der Waals surface area contributed by atoms with E-state index in [1.807, 2.05) is 6.07 Å². The highest BCUT2D eigenvalue weighted by atomic mass is 79.9. The van der Waals surface area contributed by atoms with Gasteiger partial charge in [-0.3, -0.25) is 4.79 Å². The van der Waals surface area contributed by atoms with Gasteiger partial charge in [-0.05, 0) is 58.4 Å². The number of hydrazone groups is 1. The number of hydrogen-bond acceptors (Lipinski definition) is 5. The van der Waals surface area contributed by atoms with E-state index in [2.05, 4.69) is 26.5 Å². The number of halogens is 2. The highest BCUT2D eigenvalue weighted by Gasteiger charge is 2.14. The van der Waals surface area contributed by atoms with Gasteiger partial charge >= 0.3 is 5.97 Å². The molecular weight excluding hydrogens is 448 g/mol. The Morgan fingerprint density at radius 1 is 1.14 bits per heavy atom. The third-order valence-corrected chi connectivity index (χ3v) is 4.78. The van der Waals surface area contributed by atoms with Crippen LogP contribution in [-0.4, -0.2) is 25.2 Å². The largest absolute Gasteiger partial charge is 0.465 e. The summed E-state index contributed by atoms with van der Waals surface area (Å²) < 4.78 is 11.1. The Labute approximate surface area is 174 Å². The number of benzene rings is 2. The molecule has 0 aliphatic carbocycles. The molecule has 0 saturated carbocycles. The Hall–Kier alpha value is -2.90. The summed E-state index contributed by atoms with van der Waals surface area (Å²) in [6.45, 7) is 0. The van der Waals surface area contributed by atoms with Crippen LogP contribution in [0, 0.1) is 0 Å². The molecule has 3 rings (SSSR count). The fourth-order valence-corrected chi connectivity index (χ4v) is 3.04. The van der Waals surface area contributed by atoms with Crippen LogP contribution in [0.25, 0.3) is 11.3 Å². The fourth-order valence-electron chi connectivity index (χ4n) is 2.38. The highest BCUT2D eigenvalue weighted by molar-refractivity contribution is 9.10. The van der Waals surface area contributed by atoms with Crippen LogP contribution in [-0.2, 0) is 4.74 Å². The van der Waals surface area contributed by atoms with E-state index in [0.717, 1.165) is 0 Å². The van der Waals surface area contributed by atoms with E-state index in [-0.39, 0.29) is 11.5 Å². The zero-order valence-corrected chi connectivity index (χ0v) is 17.0. The molecule has 1 heterocycles. The van der Waals surface area contributed by atoms with Crippen molar-refractivity contribution in [3.05, 3.63) is 81.0 Å². The molecule has 0 saturated heterocycles. The first-order valence-electron chi connectivity index (χ1n) is 8.05. The molecule has 0 bridgehead atoms. The molecule has 1 aromatic heterocycles. The topological polar surface area (TPSA) is 80.9 Å². The van der Waals surface area contributed by atoms with Crippen LogP contribution in [0.3, 0.4) is 0 Å². The van der Waals surface area contributed by atoms with Crippen LogP contribution in [0.4, 0.5) is 0 Å². The van der Waals surface area contributed by atoms with Crippen LogP contribution < -0.4 is 5.43 Å². The van der Waals surface area contributed by atoms with Gasteiger partial charge in [0, 0.05) is 10.0 Å². The monoisotopic (exact) mass is 460 g/mol. The van der Waals surface area contributed by atoms with Crippen molar-refractivity contribution >= 4 is 45.6 Å². The van der Waals surface area contributed by atoms with Crippen LogP contribution in [0.5, 0.6) is 0 Å². The number of ether oxygens (including phenoxy) is 1. The summed E-state index contributed by atoms with van der Waals surface area (Å²) in [5.74, 6) is 0.0586. The van der Waals surface area contributed by atoms with Crippen molar-refractivity contribution in [2.24, 2.45) is 5.10 Å². The van der Waals surface area contributed by atoms with Crippen molar-refractivity contribution in [3.63, 3.8) is 0 Å². The van der Waals surface area contributed by atoms with E-state index in [1.54, 1.807) is 48.5 Å². The van der Waals surface area contributed by atoms with Crippen molar-refractivity contribution < 1.29 is 18.7 Å². The highest BCUT2D eigenvalue weighted by Crippen LogP contribution is 2.27. The number of furan rings is 1. The Kier molecular flexibility index (Phi) is 6.28. The predicted octanol–water partition coefficient (Wildman–Crippen LogP) is 4.91. The molecule has 142 valence electrons. The van der Waals surface area contributed by atoms with E-state index in [4.69, 9.17) is 20.8 Å². The van der Waals surface area contributed by atoms with Gasteiger partial charge < -0.3 is 9.15 Å². The van der Waals surface area contributed by atoms with Gasteiger partial charge in [-0.25, -0.2) is 10.2 Å². The van der Waals surface area contributed by atoms with E-state index in [9.17, 15) is 9.59 Å². The lowest BCUT2D eigenvalue weighted by Crippen LogP contribution is -2.17. The third kappa shape index (κ3) is 4.49. The summed E-state index contributed by atoms with van der Waals surface area (Å²) in [6, 6.07) is 15.3. The summed E-state index contributed by atoms with van der Waals surface area (Å²) in [6.07, 6.45) is 1.38. The van der Waals surface area contributed by atoms with Crippen molar-refractivity contribution in [1.29, 1.82) is 0 Å². The number of esters is 1. The molecule has 1 amide bonds. The number of amides is 1. The minimum atomic E-state index is -0.532. The molecule has 2 aromatic carbocycles. The quantitative estimate of drug-likeness (QED) is 0.332. The minimum absolute atomic E-state index is 0.244. The van der Waals surface area contributed by atoms with E-state index >= 15 is 0 Å². The molecule has 0 unspecified atom stereocenters. The Morgan fingerprint density at radius 2 is 1.93 bits per heavy atom. The van der Waals surface area contributed by atoms with Crippen molar-refractivity contribution in [2.75, 3.05) is 7.11 Å². The summed E-state index contributed by atoms with van der Waals surface area (Å²) >= 11 is 9.34. The number of rotatable bonds is 5. The lowest BCUT2D eigenvalue weighted by Gasteiger charge is -2.04. The van der Waals surface area contributed by atoms with Gasteiger partial charge in [0.25, 0.3) is 5.91 Å². The summed E-state index contributed by atoms with van der Waals surface area (Å²) in [5.41, 5.74) is 3.81. The van der Waals surface area contributed by atoms with Crippen molar-refractivity contribution in [3.8, 4) is 11.3 Å². The standard InChI is InChI=1S/C20H14BrClN2O4/c1-27-20(26)15-10-12(6-8-17(15)22)18-9-7-13(28-18)11-23-24-19(25)14-4-2-3-5-16(14)21/h2-11H,1H3,(H,24,25)/b23-11-. The molecule has 3 aromatic rings. The van der Waals surface area contributed by atoms with Crippen LogP contribution in [0.1, 0.15) is 26.5 Å². The summed E-state index contributed by atoms with van der Waals surface area (Å²) in [7, 11) is 1.29. The lowest BCUT2D eigenvalue weighted by molar-refractivity contribution is 0.0601. The Morgan fingerprint density at radius 3 is 2.68 bits per heavy atom. The Balaban J connectivity index is 1.72. The van der Waals surface area contributed by atoms with Crippen molar-refractivity contribution in [2.45, 2.75) is 0 Å². The lowest BCUT2D eigenvalue weighted by atomic mass is 10.1. The fraction of sp³-hybridized carbons (Fsp3) is 0.0500. The molecule has 0 aliphatic rings. The molecule has 0 spiro atoms. The normalized spacial score (nSPS) is 10.8. The van der Waals surface area contributed by atoms with Crippen molar-refractivity contribution in [1.82, 2.24) is 5.43 Å². The summed E-state index contributed by atoms with van der Waals surface area (Å²) in [4.78, 5) is 23.9. The van der Waals surface area contributed by atoms with Gasteiger partial charge in [0.2, 0.25) is 0 Å². The molecule has 8 heteroatoms. The number of carbonyl (C=O) groups is 2. The second kappa shape index (κ2) is 8.86. The van der Waals surface area contributed by atoms with Crippen LogP contribution in [0.15, 0.2) is 68.6 Å². The molecule has 0 aliphatic heterocycles. The van der Waals surface area contributed by atoms with E-state index < -0.39 is 5.97 Å². The van der Waals surface area contributed by atoms with Crippen LogP contribution in [0.2, 0.25) is 5.02 Å². The van der Waals surface area contributed by atoms with Crippen LogP contribution >= 0.6 is 27.5 Å². The SMILES string of the molecule is COC(=O)c1cc(-c2ccc(/C=N\NC(=O)c3ccccc3Br)o2)ccc1Cl. The predicted molar refractivity (Wildman–Crippen MR) is 110 cm³/mol. The molecule has 28 heavy (non-hydrogen) atoms. The zero-order valence-electron chi connectivity index (χ0n) is 14.6. The molecule has 0 radical (unpaired) electrons. The second-order valence-corrected chi connectivity index (χ2v) is 6.83. The number of nitrogens with one attached hydrogen (secondary N) is 1. The maximum Gasteiger partial charge on any atom is 0.339 e. The molecule has 1 N–H and O–H groups in total. The number of methoxy groups -OCH3 is 1. The number of carbonyl (C=O) groups excluding carboxylic acids is 2. The zero-order chi connectivity index (χ0) is 20.1. The first kappa shape index (κ1) is 19.9. The average molecular weight is 462 g/mol. The third-order valence-electron chi connectivity index (χ3n) is 3.76. The molecule has 0 atom stereocenters. The van der Waals surface area contributed by atoms with Gasteiger partial charge in [0.15, 0.2) is 0 Å². The van der Waals surface area contributed by atoms with Gasteiger partial charge in [-0.15, -0.1) is 0 Å². The first-order valence-corrected chi connectivity index (χ1v) is 9.22. The smallest absolute Gasteiger partial charge is 0.339 e. The maximum atomic E-state index is 12.1. The maximum absolute atomic E-state index is 12.1. The molecular formula is C20H14BrClN2O4. The number of hydrogen-bond donors (Lipinski definition) is 1. The van der Waals surface area contributed by atoms with E-state index in [1.165, 1.54) is 13.3 Å². The average Bonchev–Trinajstić information content (AvgIpc) is 3.17. The first-order chi connectivity index (χ1) is 13.5. The molecule has 6 nitrogen and oxygen atoms in total. The molecule has 0 fully saturated rings.